The quantitative estimate of drug-likeness (QED) is 0.179. The van der Waals surface area contributed by atoms with Crippen molar-refractivity contribution >= 4 is 73.3 Å². The lowest BCUT2D eigenvalue weighted by Gasteiger charge is -2.43. The molecule has 0 saturated heterocycles. The first-order valence-electron chi connectivity index (χ1n) is 23.3. The van der Waals surface area contributed by atoms with E-state index in [1.165, 1.54) is 95.8 Å². The Labute approximate surface area is 372 Å². The van der Waals surface area contributed by atoms with Gasteiger partial charge in [-0.15, -0.1) is 0 Å². The van der Waals surface area contributed by atoms with E-state index in [0.717, 1.165) is 59.0 Å². The largest absolute Gasteiger partial charge is 0.455 e. The van der Waals surface area contributed by atoms with E-state index < -0.39 is 0 Å². The fraction of sp³-hybridized carbons (Fsp3) is 0.288. The SMILES string of the molecule is Cc1ccc(Nc2cc3c(cc2-c2cc(-c4cccc5c4oc4ccccc45)c4c5ccccc5n5c4c2Bc2cc4c(cc2-5)C(C)(C)CCC4(C)C)C(C)(C)CCC3(C)C)cc1. The Morgan fingerprint density at radius 2 is 1.14 bits per heavy atom. The van der Waals surface area contributed by atoms with Gasteiger partial charge in [0.05, 0.1) is 5.52 Å². The molecule has 2 aromatic heterocycles. The number of hydrogen-bond acceptors (Lipinski definition) is 2. The van der Waals surface area contributed by atoms with E-state index in [2.05, 4.69) is 194 Å². The van der Waals surface area contributed by atoms with Crippen molar-refractivity contribution in [2.75, 3.05) is 5.32 Å². The Morgan fingerprint density at radius 3 is 1.86 bits per heavy atom. The highest BCUT2D eigenvalue weighted by Gasteiger charge is 2.41. The molecule has 0 saturated carbocycles. The number of fused-ring (bicyclic) bond motifs is 10. The highest BCUT2D eigenvalue weighted by atomic mass is 16.3. The van der Waals surface area contributed by atoms with Gasteiger partial charge in [-0.2, -0.15) is 0 Å². The van der Waals surface area contributed by atoms with Gasteiger partial charge in [0.1, 0.15) is 11.2 Å². The molecule has 3 nitrogen and oxygen atoms in total. The van der Waals surface area contributed by atoms with E-state index in [0.29, 0.717) is 0 Å². The minimum Gasteiger partial charge on any atom is -0.455 e. The van der Waals surface area contributed by atoms with Crippen molar-refractivity contribution in [2.24, 2.45) is 0 Å². The van der Waals surface area contributed by atoms with Crippen LogP contribution in [-0.2, 0) is 21.7 Å². The lowest BCUT2D eigenvalue weighted by molar-refractivity contribution is 0.332. The zero-order valence-electron chi connectivity index (χ0n) is 38.4. The number of furan rings is 1. The zero-order chi connectivity index (χ0) is 43.4. The van der Waals surface area contributed by atoms with Crippen LogP contribution in [0.5, 0.6) is 0 Å². The van der Waals surface area contributed by atoms with E-state index in [1.807, 2.05) is 0 Å². The lowest BCUT2D eigenvalue weighted by atomic mass is 9.55. The summed E-state index contributed by atoms with van der Waals surface area (Å²) in [6.45, 7) is 21.8. The number of nitrogens with zero attached hydrogens (tertiary/aromatic N) is 1. The Morgan fingerprint density at radius 1 is 0.540 bits per heavy atom. The van der Waals surface area contributed by atoms with Gasteiger partial charge in [-0.3, -0.25) is 0 Å². The molecule has 312 valence electrons. The summed E-state index contributed by atoms with van der Waals surface area (Å²) in [5.41, 5.74) is 23.2. The first-order valence-corrected chi connectivity index (χ1v) is 23.3. The number of anilines is 2. The average Bonchev–Trinajstić information content (AvgIpc) is 3.82. The third kappa shape index (κ3) is 5.65. The summed E-state index contributed by atoms with van der Waals surface area (Å²) in [5, 5.41) is 8.91. The molecule has 0 unspecified atom stereocenters. The van der Waals surface area contributed by atoms with Crippen LogP contribution >= 0.6 is 0 Å². The van der Waals surface area contributed by atoms with Crippen molar-refractivity contribution in [3.63, 3.8) is 0 Å². The van der Waals surface area contributed by atoms with Crippen LogP contribution in [0.3, 0.4) is 0 Å². The molecule has 12 rings (SSSR count). The maximum absolute atomic E-state index is 6.90. The fourth-order valence-corrected chi connectivity index (χ4v) is 12.0. The Kier molecular flexibility index (Phi) is 8.00. The number of hydrogen-bond donors (Lipinski definition) is 1. The molecule has 4 heteroatoms. The normalized spacial score (nSPS) is 17.7. The number of benzene rings is 7. The second-order valence-electron chi connectivity index (χ2n) is 22.0. The van der Waals surface area contributed by atoms with Crippen molar-refractivity contribution < 1.29 is 4.42 Å². The maximum Gasteiger partial charge on any atom is 0.198 e. The van der Waals surface area contributed by atoms with E-state index in [1.54, 1.807) is 0 Å². The molecule has 1 aliphatic heterocycles. The minimum atomic E-state index is 0.0327. The number of nitrogens with one attached hydrogen (secondary N) is 1. The van der Waals surface area contributed by atoms with Crippen molar-refractivity contribution in [1.29, 1.82) is 0 Å². The number of para-hydroxylation sites is 3. The van der Waals surface area contributed by atoms with Gasteiger partial charge in [0.25, 0.3) is 0 Å². The molecule has 9 aromatic rings. The summed E-state index contributed by atoms with van der Waals surface area (Å²) >= 11 is 0. The third-order valence-corrected chi connectivity index (χ3v) is 16.0. The van der Waals surface area contributed by atoms with Gasteiger partial charge < -0.3 is 14.3 Å². The molecular weight excluding hydrogens is 763 g/mol. The summed E-state index contributed by atoms with van der Waals surface area (Å²) in [5.74, 6) is 0. The monoisotopic (exact) mass is 820 g/mol. The summed E-state index contributed by atoms with van der Waals surface area (Å²) in [6.07, 6.45) is 4.69. The van der Waals surface area contributed by atoms with Gasteiger partial charge in [-0.05, 0) is 142 Å². The summed E-state index contributed by atoms with van der Waals surface area (Å²) in [6, 6.07) is 46.2. The van der Waals surface area contributed by atoms with Gasteiger partial charge in [0, 0.05) is 55.3 Å². The van der Waals surface area contributed by atoms with Crippen LogP contribution in [0, 0.1) is 6.92 Å². The standard InChI is InChI=1S/C59H57BN2O/c1-34-21-23-35(24-22-34)61-48-32-45-43(56(2,3)25-27-58(45,6)7)30-40(48)42-29-41(38-18-14-17-37-36-15-11-13-20-51(36)63-55(37)38)52-39-16-10-12-19-49(39)62-50-33-46-44(31-47(50)60-53(42)54(52)62)57(4,5)26-28-59(46,8)9/h10-24,29-33,60-61H,25-28H2,1-9H3. The molecule has 0 atom stereocenters. The van der Waals surface area contributed by atoms with Crippen LogP contribution in [0.2, 0.25) is 0 Å². The molecule has 63 heavy (non-hydrogen) atoms. The highest BCUT2D eigenvalue weighted by Crippen LogP contribution is 2.52. The molecular formula is C59H57BN2O. The predicted molar refractivity (Wildman–Crippen MR) is 270 cm³/mol. The van der Waals surface area contributed by atoms with E-state index >= 15 is 0 Å². The first-order chi connectivity index (χ1) is 30.1. The number of aromatic nitrogens is 1. The van der Waals surface area contributed by atoms with Crippen LogP contribution in [0.4, 0.5) is 11.4 Å². The second kappa shape index (κ2) is 13.0. The summed E-state index contributed by atoms with van der Waals surface area (Å²) in [7, 11) is 0.854. The molecule has 7 aromatic carbocycles. The van der Waals surface area contributed by atoms with Crippen LogP contribution in [0.1, 0.15) is 109 Å². The molecule has 3 heterocycles. The summed E-state index contributed by atoms with van der Waals surface area (Å²) in [4.78, 5) is 0. The molecule has 2 aliphatic carbocycles. The molecule has 3 aliphatic rings. The molecule has 0 fully saturated rings. The topological polar surface area (TPSA) is 30.1 Å². The Balaban J connectivity index is 1.25. The minimum absolute atomic E-state index is 0.0327. The Bertz CT molecular complexity index is 3410. The smallest absolute Gasteiger partial charge is 0.198 e. The van der Waals surface area contributed by atoms with E-state index in [4.69, 9.17) is 4.42 Å². The van der Waals surface area contributed by atoms with Gasteiger partial charge in [-0.1, -0.05) is 139 Å². The molecule has 1 N–H and O–H groups in total. The number of rotatable bonds is 4. The van der Waals surface area contributed by atoms with Crippen molar-refractivity contribution in [3.05, 3.63) is 149 Å². The summed E-state index contributed by atoms with van der Waals surface area (Å²) < 4.78 is 9.55. The van der Waals surface area contributed by atoms with E-state index in [-0.39, 0.29) is 21.7 Å². The van der Waals surface area contributed by atoms with Gasteiger partial charge >= 0.3 is 0 Å². The fourth-order valence-electron chi connectivity index (χ4n) is 12.0. The lowest BCUT2D eigenvalue weighted by Crippen LogP contribution is -2.41. The first kappa shape index (κ1) is 38.7. The molecule has 0 radical (unpaired) electrons. The van der Waals surface area contributed by atoms with Gasteiger partial charge in [0.2, 0.25) is 0 Å². The van der Waals surface area contributed by atoms with Crippen molar-refractivity contribution in [2.45, 2.75) is 110 Å². The molecule has 0 spiro atoms. The highest BCUT2D eigenvalue weighted by molar-refractivity contribution is 6.73. The third-order valence-electron chi connectivity index (χ3n) is 16.0. The van der Waals surface area contributed by atoms with E-state index in [9.17, 15) is 0 Å². The average molecular weight is 821 g/mol. The molecule has 0 amide bonds. The molecule has 0 bridgehead atoms. The Hall–Kier alpha value is -6.00. The van der Waals surface area contributed by atoms with Gasteiger partial charge in [-0.25, -0.2) is 0 Å². The van der Waals surface area contributed by atoms with Gasteiger partial charge in [0.15, 0.2) is 7.28 Å². The van der Waals surface area contributed by atoms with Crippen molar-refractivity contribution in [1.82, 2.24) is 4.57 Å². The maximum atomic E-state index is 6.90. The zero-order valence-corrected chi connectivity index (χ0v) is 38.4. The van der Waals surface area contributed by atoms with Crippen molar-refractivity contribution in [3.8, 4) is 27.9 Å². The van der Waals surface area contributed by atoms with Crippen LogP contribution in [0.15, 0.2) is 126 Å². The second-order valence-corrected chi connectivity index (χ2v) is 22.0. The van der Waals surface area contributed by atoms with Crippen LogP contribution in [0.25, 0.3) is 71.7 Å². The number of aryl methyl sites for hydroxylation is 1. The predicted octanol–water partition coefficient (Wildman–Crippen LogP) is 14.5. The van der Waals surface area contributed by atoms with Crippen LogP contribution in [-0.4, -0.2) is 11.8 Å². The van der Waals surface area contributed by atoms with Crippen LogP contribution < -0.4 is 16.2 Å².